The van der Waals surface area contributed by atoms with E-state index in [0.717, 1.165) is 16.2 Å². The molecule has 4 rings (SSSR count). The number of carbonyl (C=O) groups is 1. The number of amides is 1. The first-order valence-corrected chi connectivity index (χ1v) is 14.4. The predicted molar refractivity (Wildman–Crippen MR) is 150 cm³/mol. The van der Waals surface area contributed by atoms with Crippen LogP contribution in [0.25, 0.3) is 0 Å². The summed E-state index contributed by atoms with van der Waals surface area (Å²) in [5, 5.41) is 4.33. The Labute approximate surface area is 226 Å². The van der Waals surface area contributed by atoms with Crippen molar-refractivity contribution in [1.29, 1.82) is 0 Å². The number of pyridine rings is 1. The van der Waals surface area contributed by atoms with Gasteiger partial charge in [0.15, 0.2) is 0 Å². The number of rotatable bonds is 10. The lowest BCUT2D eigenvalue weighted by molar-refractivity contribution is 0.0957. The third-order valence-electron chi connectivity index (χ3n) is 5.54. The molecule has 37 heavy (non-hydrogen) atoms. The minimum atomic E-state index is -3.99. The number of aryl methyl sites for hydroxylation is 1. The average molecular weight is 552 g/mol. The van der Waals surface area contributed by atoms with Gasteiger partial charge in [-0.05, 0) is 61.0 Å². The van der Waals surface area contributed by atoms with Crippen LogP contribution in [0.5, 0.6) is 0 Å². The van der Waals surface area contributed by atoms with Gasteiger partial charge in [0.2, 0.25) is 0 Å². The first kappa shape index (κ1) is 26.7. The zero-order chi connectivity index (χ0) is 26.3. The van der Waals surface area contributed by atoms with Gasteiger partial charge in [-0.1, -0.05) is 59.6 Å². The molecular formula is C28H26ClN3O3S2. The number of aromatic nitrogens is 1. The zero-order valence-corrected chi connectivity index (χ0v) is 22.6. The molecule has 4 aromatic rings. The molecule has 1 heterocycles. The topological polar surface area (TPSA) is 79.4 Å². The van der Waals surface area contributed by atoms with Crippen LogP contribution in [0.3, 0.4) is 0 Å². The Morgan fingerprint density at radius 2 is 1.65 bits per heavy atom. The highest BCUT2D eigenvalue weighted by Crippen LogP contribution is 2.30. The standard InChI is InChI=1S/C28H26ClN3O3S2/c1-21-9-15-24(16-10-21)37(34,35)32(20-22-11-13-23(29)14-12-22)26-7-3-2-6-25(26)28(33)31-18-19-36-27-8-4-5-17-30-27/h2-17H,18-20H2,1H3,(H,31,33). The molecule has 1 N–H and O–H groups in total. The summed E-state index contributed by atoms with van der Waals surface area (Å²) in [5.41, 5.74) is 2.26. The molecular weight excluding hydrogens is 526 g/mol. The number of carbonyl (C=O) groups excluding carboxylic acids is 1. The third-order valence-corrected chi connectivity index (χ3v) is 8.51. The van der Waals surface area contributed by atoms with E-state index in [4.69, 9.17) is 11.6 Å². The highest BCUT2D eigenvalue weighted by Gasteiger charge is 2.28. The van der Waals surface area contributed by atoms with Gasteiger partial charge in [-0.2, -0.15) is 0 Å². The van der Waals surface area contributed by atoms with Gasteiger partial charge in [-0.25, -0.2) is 13.4 Å². The van der Waals surface area contributed by atoms with E-state index in [1.807, 2.05) is 25.1 Å². The van der Waals surface area contributed by atoms with E-state index in [9.17, 15) is 13.2 Å². The van der Waals surface area contributed by atoms with Crippen LogP contribution < -0.4 is 9.62 Å². The molecule has 0 bridgehead atoms. The first-order chi connectivity index (χ1) is 17.8. The lowest BCUT2D eigenvalue weighted by Crippen LogP contribution is -2.34. The molecule has 0 fully saturated rings. The van der Waals surface area contributed by atoms with Crippen LogP contribution in [0, 0.1) is 6.92 Å². The molecule has 190 valence electrons. The highest BCUT2D eigenvalue weighted by atomic mass is 35.5. The molecule has 3 aromatic carbocycles. The average Bonchev–Trinajstić information content (AvgIpc) is 2.91. The van der Waals surface area contributed by atoms with Crippen molar-refractivity contribution in [2.24, 2.45) is 0 Å². The zero-order valence-electron chi connectivity index (χ0n) is 20.2. The minimum Gasteiger partial charge on any atom is -0.351 e. The summed E-state index contributed by atoms with van der Waals surface area (Å²) >= 11 is 7.57. The summed E-state index contributed by atoms with van der Waals surface area (Å²) in [7, 11) is -3.99. The number of para-hydroxylation sites is 1. The van der Waals surface area contributed by atoms with Gasteiger partial charge in [0.25, 0.3) is 15.9 Å². The van der Waals surface area contributed by atoms with E-state index >= 15 is 0 Å². The van der Waals surface area contributed by atoms with E-state index in [1.54, 1.807) is 79.0 Å². The lowest BCUT2D eigenvalue weighted by atomic mass is 10.1. The molecule has 0 aliphatic rings. The first-order valence-electron chi connectivity index (χ1n) is 11.6. The third kappa shape index (κ3) is 6.91. The summed E-state index contributed by atoms with van der Waals surface area (Å²) in [5.74, 6) is 0.276. The quantitative estimate of drug-likeness (QED) is 0.194. The van der Waals surface area contributed by atoms with Crippen LogP contribution in [-0.4, -0.2) is 31.6 Å². The van der Waals surface area contributed by atoms with Gasteiger partial charge in [0, 0.05) is 23.5 Å². The smallest absolute Gasteiger partial charge is 0.264 e. The number of nitrogens with zero attached hydrogens (tertiary/aromatic N) is 2. The molecule has 0 radical (unpaired) electrons. The van der Waals surface area contributed by atoms with Crippen LogP contribution in [-0.2, 0) is 16.6 Å². The second-order valence-electron chi connectivity index (χ2n) is 8.24. The van der Waals surface area contributed by atoms with Crippen molar-refractivity contribution in [3.05, 3.63) is 119 Å². The van der Waals surface area contributed by atoms with Crippen molar-refractivity contribution in [2.45, 2.75) is 23.4 Å². The normalized spacial score (nSPS) is 11.2. The number of nitrogens with one attached hydrogen (secondary N) is 1. The van der Waals surface area contributed by atoms with Crippen LogP contribution in [0.2, 0.25) is 5.02 Å². The number of halogens is 1. The number of anilines is 1. The highest BCUT2D eigenvalue weighted by molar-refractivity contribution is 7.99. The number of hydrogen-bond donors (Lipinski definition) is 1. The lowest BCUT2D eigenvalue weighted by Gasteiger charge is -2.27. The van der Waals surface area contributed by atoms with Gasteiger partial charge in [0.05, 0.1) is 27.7 Å². The molecule has 0 aliphatic heterocycles. The molecule has 0 unspecified atom stereocenters. The second-order valence-corrected chi connectivity index (χ2v) is 11.7. The van der Waals surface area contributed by atoms with Crippen molar-refractivity contribution >= 4 is 45.0 Å². The van der Waals surface area contributed by atoms with Crippen molar-refractivity contribution in [2.75, 3.05) is 16.6 Å². The van der Waals surface area contributed by atoms with Crippen LogP contribution in [0.4, 0.5) is 5.69 Å². The monoisotopic (exact) mass is 551 g/mol. The Bertz CT molecular complexity index is 1450. The van der Waals surface area contributed by atoms with E-state index in [0.29, 0.717) is 23.0 Å². The summed E-state index contributed by atoms with van der Waals surface area (Å²) in [6, 6.07) is 26.1. The molecule has 0 saturated carbocycles. The van der Waals surface area contributed by atoms with Gasteiger partial charge >= 0.3 is 0 Å². The Morgan fingerprint density at radius 3 is 2.35 bits per heavy atom. The predicted octanol–water partition coefficient (Wildman–Crippen LogP) is 5.96. The molecule has 0 aliphatic carbocycles. The maximum Gasteiger partial charge on any atom is 0.264 e. The van der Waals surface area contributed by atoms with Crippen LogP contribution in [0.1, 0.15) is 21.5 Å². The minimum absolute atomic E-state index is 0.0349. The second kappa shape index (κ2) is 12.3. The molecule has 0 saturated heterocycles. The van der Waals surface area contributed by atoms with Crippen molar-refractivity contribution in [1.82, 2.24) is 10.3 Å². The summed E-state index contributed by atoms with van der Waals surface area (Å²) in [6.07, 6.45) is 1.72. The van der Waals surface area contributed by atoms with Gasteiger partial charge in [-0.3, -0.25) is 9.10 Å². The summed E-state index contributed by atoms with van der Waals surface area (Å²) in [6.45, 7) is 2.33. The van der Waals surface area contributed by atoms with E-state index in [-0.39, 0.29) is 22.9 Å². The fourth-order valence-corrected chi connectivity index (χ4v) is 5.94. The number of hydrogen-bond acceptors (Lipinski definition) is 5. The summed E-state index contributed by atoms with van der Waals surface area (Å²) in [4.78, 5) is 17.6. The molecule has 0 atom stereocenters. The fourth-order valence-electron chi connectivity index (χ4n) is 3.62. The largest absolute Gasteiger partial charge is 0.351 e. The molecule has 9 heteroatoms. The molecule has 1 aromatic heterocycles. The summed E-state index contributed by atoms with van der Waals surface area (Å²) < 4.78 is 29.0. The van der Waals surface area contributed by atoms with Gasteiger partial charge < -0.3 is 5.32 Å². The number of sulfonamides is 1. The van der Waals surface area contributed by atoms with Crippen LogP contribution >= 0.6 is 23.4 Å². The van der Waals surface area contributed by atoms with Gasteiger partial charge in [0.1, 0.15) is 0 Å². The Hall–Kier alpha value is -3.33. The Morgan fingerprint density at radius 1 is 0.946 bits per heavy atom. The Balaban J connectivity index is 1.62. The fraction of sp³-hybridized carbons (Fsp3) is 0.143. The number of thioether (sulfide) groups is 1. The molecule has 0 spiro atoms. The SMILES string of the molecule is Cc1ccc(S(=O)(=O)N(Cc2ccc(Cl)cc2)c2ccccc2C(=O)NCCSc2ccccn2)cc1. The molecule has 1 amide bonds. The maximum absolute atomic E-state index is 13.9. The van der Waals surface area contributed by atoms with Crippen molar-refractivity contribution in [3.63, 3.8) is 0 Å². The van der Waals surface area contributed by atoms with E-state index in [1.165, 1.54) is 16.1 Å². The van der Waals surface area contributed by atoms with Crippen molar-refractivity contribution in [3.8, 4) is 0 Å². The molecule has 6 nitrogen and oxygen atoms in total. The van der Waals surface area contributed by atoms with E-state index in [2.05, 4.69) is 10.3 Å². The number of benzene rings is 3. The maximum atomic E-state index is 13.9. The Kier molecular flexibility index (Phi) is 8.87. The van der Waals surface area contributed by atoms with Crippen LogP contribution in [0.15, 0.2) is 107 Å². The van der Waals surface area contributed by atoms with E-state index < -0.39 is 10.0 Å². The van der Waals surface area contributed by atoms with Crippen molar-refractivity contribution < 1.29 is 13.2 Å². The van der Waals surface area contributed by atoms with Gasteiger partial charge in [-0.15, -0.1) is 11.8 Å².